The van der Waals surface area contributed by atoms with E-state index >= 15 is 0 Å². The SMILES string of the molecule is Cc1cccc(C(N)Cc2c(F)ccc(Br)c2F)c1C. The van der Waals surface area contributed by atoms with Crippen LogP contribution in [0.15, 0.2) is 34.8 Å². The van der Waals surface area contributed by atoms with Crippen LogP contribution in [0.3, 0.4) is 0 Å². The third kappa shape index (κ3) is 2.91. The van der Waals surface area contributed by atoms with Crippen LogP contribution in [-0.2, 0) is 6.42 Å². The fourth-order valence-corrected chi connectivity index (χ4v) is 2.63. The van der Waals surface area contributed by atoms with Crippen molar-refractivity contribution in [3.05, 3.63) is 68.7 Å². The van der Waals surface area contributed by atoms with Crippen molar-refractivity contribution < 1.29 is 8.78 Å². The molecular formula is C16H16BrF2N. The Morgan fingerprint density at radius 3 is 2.55 bits per heavy atom. The van der Waals surface area contributed by atoms with Gasteiger partial charge in [-0.05, 0) is 65.0 Å². The maximum Gasteiger partial charge on any atom is 0.143 e. The van der Waals surface area contributed by atoms with Crippen molar-refractivity contribution in [2.45, 2.75) is 26.3 Å². The number of nitrogens with two attached hydrogens (primary N) is 1. The number of hydrogen-bond donors (Lipinski definition) is 1. The molecule has 0 heterocycles. The third-order valence-electron chi connectivity index (χ3n) is 3.61. The van der Waals surface area contributed by atoms with Crippen molar-refractivity contribution in [2.75, 3.05) is 0 Å². The first-order chi connectivity index (χ1) is 9.41. The normalized spacial score (nSPS) is 12.5. The summed E-state index contributed by atoms with van der Waals surface area (Å²) in [6.07, 6.45) is 0.126. The molecule has 0 aromatic heterocycles. The van der Waals surface area contributed by atoms with E-state index in [2.05, 4.69) is 15.9 Å². The van der Waals surface area contributed by atoms with Crippen molar-refractivity contribution in [3.63, 3.8) is 0 Å². The van der Waals surface area contributed by atoms with Gasteiger partial charge in [0.15, 0.2) is 0 Å². The highest BCUT2D eigenvalue weighted by atomic mass is 79.9. The quantitative estimate of drug-likeness (QED) is 0.813. The summed E-state index contributed by atoms with van der Waals surface area (Å²) < 4.78 is 28.0. The summed E-state index contributed by atoms with van der Waals surface area (Å²) in [5.41, 5.74) is 9.26. The van der Waals surface area contributed by atoms with Crippen LogP contribution in [0.25, 0.3) is 0 Å². The molecule has 4 heteroatoms. The Morgan fingerprint density at radius 2 is 1.85 bits per heavy atom. The van der Waals surface area contributed by atoms with Gasteiger partial charge in [-0.3, -0.25) is 0 Å². The Balaban J connectivity index is 2.35. The molecule has 0 fully saturated rings. The van der Waals surface area contributed by atoms with Crippen LogP contribution in [0.5, 0.6) is 0 Å². The zero-order chi connectivity index (χ0) is 14.9. The van der Waals surface area contributed by atoms with Crippen LogP contribution in [0.4, 0.5) is 8.78 Å². The monoisotopic (exact) mass is 339 g/mol. The van der Waals surface area contributed by atoms with Crippen molar-refractivity contribution in [1.29, 1.82) is 0 Å². The van der Waals surface area contributed by atoms with E-state index in [0.29, 0.717) is 0 Å². The zero-order valence-corrected chi connectivity index (χ0v) is 13.0. The minimum absolute atomic E-state index is 0.0211. The first-order valence-corrected chi connectivity index (χ1v) is 7.15. The van der Waals surface area contributed by atoms with E-state index in [1.54, 1.807) is 0 Å². The standard InChI is InChI=1S/C16H16BrF2N/c1-9-4-3-5-11(10(9)2)15(20)8-12-14(18)7-6-13(17)16(12)19/h3-7,15H,8,20H2,1-2H3. The van der Waals surface area contributed by atoms with Crippen molar-refractivity contribution >= 4 is 15.9 Å². The second-order valence-corrected chi connectivity index (χ2v) is 5.78. The highest BCUT2D eigenvalue weighted by Gasteiger charge is 2.18. The largest absolute Gasteiger partial charge is 0.324 e. The van der Waals surface area contributed by atoms with Gasteiger partial charge in [-0.25, -0.2) is 8.78 Å². The number of aryl methyl sites for hydroxylation is 1. The number of rotatable bonds is 3. The Bertz CT molecular complexity index is 641. The molecule has 20 heavy (non-hydrogen) atoms. The molecule has 0 spiro atoms. The van der Waals surface area contributed by atoms with Crippen molar-refractivity contribution in [3.8, 4) is 0 Å². The Hall–Kier alpha value is -1.26. The fraction of sp³-hybridized carbons (Fsp3) is 0.250. The molecule has 0 aliphatic rings. The molecule has 0 saturated heterocycles. The van der Waals surface area contributed by atoms with E-state index in [9.17, 15) is 8.78 Å². The lowest BCUT2D eigenvalue weighted by atomic mass is 9.93. The summed E-state index contributed by atoms with van der Waals surface area (Å²) in [5.74, 6) is -1.14. The summed E-state index contributed by atoms with van der Waals surface area (Å²) in [6, 6.07) is 7.97. The lowest BCUT2D eigenvalue weighted by molar-refractivity contribution is 0.535. The van der Waals surface area contributed by atoms with Gasteiger partial charge in [0.1, 0.15) is 11.6 Å². The maximum absolute atomic E-state index is 14.0. The molecule has 0 aliphatic heterocycles. The summed E-state index contributed by atoms with van der Waals surface area (Å²) in [5, 5.41) is 0. The minimum Gasteiger partial charge on any atom is -0.324 e. The van der Waals surface area contributed by atoms with Gasteiger partial charge < -0.3 is 5.73 Å². The van der Waals surface area contributed by atoms with Crippen LogP contribution in [-0.4, -0.2) is 0 Å². The van der Waals surface area contributed by atoms with Gasteiger partial charge in [-0.1, -0.05) is 18.2 Å². The molecule has 0 bridgehead atoms. The second kappa shape index (κ2) is 6.02. The van der Waals surface area contributed by atoms with Gasteiger partial charge in [0.05, 0.1) is 4.47 Å². The molecule has 1 atom stereocenters. The molecule has 106 valence electrons. The van der Waals surface area contributed by atoms with E-state index < -0.39 is 17.7 Å². The zero-order valence-electron chi connectivity index (χ0n) is 11.4. The van der Waals surface area contributed by atoms with Crippen LogP contribution in [0.1, 0.15) is 28.3 Å². The average Bonchev–Trinajstić information content (AvgIpc) is 2.42. The topological polar surface area (TPSA) is 26.0 Å². The third-order valence-corrected chi connectivity index (χ3v) is 4.22. The molecule has 1 nitrogen and oxygen atoms in total. The van der Waals surface area contributed by atoms with E-state index in [-0.39, 0.29) is 16.5 Å². The molecule has 0 aliphatic carbocycles. The number of benzene rings is 2. The van der Waals surface area contributed by atoms with E-state index in [1.165, 1.54) is 12.1 Å². The predicted molar refractivity (Wildman–Crippen MR) is 80.6 cm³/mol. The summed E-state index contributed by atoms with van der Waals surface area (Å²) in [4.78, 5) is 0. The van der Waals surface area contributed by atoms with Gasteiger partial charge >= 0.3 is 0 Å². The van der Waals surface area contributed by atoms with Gasteiger partial charge in [-0.2, -0.15) is 0 Å². The smallest absolute Gasteiger partial charge is 0.143 e. The van der Waals surface area contributed by atoms with Gasteiger partial charge in [-0.15, -0.1) is 0 Å². The van der Waals surface area contributed by atoms with Gasteiger partial charge in [0.25, 0.3) is 0 Å². The Morgan fingerprint density at radius 1 is 1.15 bits per heavy atom. The van der Waals surface area contributed by atoms with Gasteiger partial charge in [0, 0.05) is 11.6 Å². The van der Waals surface area contributed by atoms with E-state index in [4.69, 9.17) is 5.73 Å². The number of halogens is 3. The summed E-state index contributed by atoms with van der Waals surface area (Å²) in [7, 11) is 0. The molecule has 0 radical (unpaired) electrons. The van der Waals surface area contributed by atoms with Crippen LogP contribution >= 0.6 is 15.9 Å². The van der Waals surface area contributed by atoms with Gasteiger partial charge in [0.2, 0.25) is 0 Å². The van der Waals surface area contributed by atoms with Crippen LogP contribution < -0.4 is 5.73 Å². The molecule has 1 unspecified atom stereocenters. The maximum atomic E-state index is 14.0. The molecule has 0 amide bonds. The fourth-order valence-electron chi connectivity index (χ4n) is 2.26. The molecular weight excluding hydrogens is 324 g/mol. The molecule has 2 aromatic carbocycles. The second-order valence-electron chi connectivity index (χ2n) is 4.92. The highest BCUT2D eigenvalue weighted by Crippen LogP contribution is 2.27. The molecule has 2 N–H and O–H groups in total. The average molecular weight is 340 g/mol. The predicted octanol–water partition coefficient (Wildman–Crippen LogP) is 4.59. The van der Waals surface area contributed by atoms with Crippen LogP contribution in [0, 0.1) is 25.5 Å². The Kier molecular flexibility index (Phi) is 4.55. The molecule has 0 saturated carbocycles. The number of hydrogen-bond acceptors (Lipinski definition) is 1. The van der Waals surface area contributed by atoms with E-state index in [0.717, 1.165) is 16.7 Å². The van der Waals surface area contributed by atoms with Crippen LogP contribution in [0.2, 0.25) is 0 Å². The Labute approximate surface area is 125 Å². The molecule has 2 rings (SSSR count). The first kappa shape index (κ1) is 15.1. The minimum atomic E-state index is -0.578. The van der Waals surface area contributed by atoms with Crippen molar-refractivity contribution in [1.82, 2.24) is 0 Å². The summed E-state index contributed by atoms with van der Waals surface area (Å²) >= 11 is 3.07. The highest BCUT2D eigenvalue weighted by molar-refractivity contribution is 9.10. The molecule has 2 aromatic rings. The van der Waals surface area contributed by atoms with Crippen molar-refractivity contribution in [2.24, 2.45) is 5.73 Å². The first-order valence-electron chi connectivity index (χ1n) is 6.36. The van der Waals surface area contributed by atoms with E-state index in [1.807, 2.05) is 32.0 Å². The lowest BCUT2D eigenvalue weighted by Crippen LogP contribution is -2.17. The lowest BCUT2D eigenvalue weighted by Gasteiger charge is -2.17. The summed E-state index contributed by atoms with van der Waals surface area (Å²) in [6.45, 7) is 3.96.